The molecule has 0 saturated carbocycles. The van der Waals surface area contributed by atoms with E-state index in [0.717, 1.165) is 0 Å². The Morgan fingerprint density at radius 1 is 1.32 bits per heavy atom. The number of halogens is 1. The van der Waals surface area contributed by atoms with E-state index in [9.17, 15) is 14.9 Å². The summed E-state index contributed by atoms with van der Waals surface area (Å²) in [6.07, 6.45) is 1.70. The molecule has 0 atom stereocenters. The molecule has 0 saturated heterocycles. The number of non-ortho nitro benzene ring substituents is 1. The number of carbonyl (C=O) groups excluding carboxylic acids is 1. The van der Waals surface area contributed by atoms with E-state index in [4.69, 9.17) is 20.8 Å². The van der Waals surface area contributed by atoms with Gasteiger partial charge in [0.25, 0.3) is 11.6 Å². The van der Waals surface area contributed by atoms with Crippen LogP contribution >= 0.6 is 11.6 Å². The number of carbonyl (C=O) groups is 1. The SMILES string of the molecule is CCn1cc(Cl)c(CNC(=O)c2ccc(COc3ccc([N+](=O)[O-])cc3)o2)n1. The predicted octanol–water partition coefficient (Wildman–Crippen LogP) is 3.57. The molecule has 0 bridgehead atoms. The lowest BCUT2D eigenvalue weighted by atomic mass is 10.3. The molecule has 1 aromatic carbocycles. The van der Waals surface area contributed by atoms with Gasteiger partial charge in [0.2, 0.25) is 0 Å². The first kappa shape index (κ1) is 19.4. The first-order chi connectivity index (χ1) is 13.5. The molecule has 0 spiro atoms. The fourth-order valence-electron chi connectivity index (χ4n) is 2.37. The number of nitro benzene ring substituents is 1. The summed E-state index contributed by atoms with van der Waals surface area (Å²) in [4.78, 5) is 22.4. The first-order valence-corrected chi connectivity index (χ1v) is 8.80. The highest BCUT2D eigenvalue weighted by Crippen LogP contribution is 2.19. The van der Waals surface area contributed by atoms with E-state index in [2.05, 4.69) is 10.4 Å². The Bertz CT molecular complexity index is 980. The Morgan fingerprint density at radius 2 is 2.07 bits per heavy atom. The summed E-state index contributed by atoms with van der Waals surface area (Å²) in [6, 6.07) is 8.85. The van der Waals surface area contributed by atoms with Gasteiger partial charge in [0.15, 0.2) is 5.76 Å². The van der Waals surface area contributed by atoms with Crippen molar-refractivity contribution in [1.82, 2.24) is 15.1 Å². The molecule has 0 fully saturated rings. The molecule has 2 heterocycles. The van der Waals surface area contributed by atoms with Gasteiger partial charge in [0.05, 0.1) is 16.5 Å². The van der Waals surface area contributed by atoms with Crippen molar-refractivity contribution in [3.05, 3.63) is 74.9 Å². The summed E-state index contributed by atoms with van der Waals surface area (Å²) in [5.41, 5.74) is 0.554. The van der Waals surface area contributed by atoms with Crippen LogP contribution in [0.5, 0.6) is 5.75 Å². The third-order valence-corrected chi connectivity index (χ3v) is 4.16. The Kier molecular flexibility index (Phi) is 5.95. The highest BCUT2D eigenvalue weighted by Gasteiger charge is 2.14. The molecule has 0 unspecified atom stereocenters. The van der Waals surface area contributed by atoms with Crippen LogP contribution in [0.4, 0.5) is 5.69 Å². The minimum atomic E-state index is -0.485. The zero-order valence-corrected chi connectivity index (χ0v) is 15.7. The molecule has 2 aromatic heterocycles. The molecule has 3 rings (SSSR count). The molecular weight excluding hydrogens is 388 g/mol. The van der Waals surface area contributed by atoms with Crippen LogP contribution in [0.1, 0.15) is 28.9 Å². The summed E-state index contributed by atoms with van der Waals surface area (Å²) >= 11 is 6.07. The normalized spacial score (nSPS) is 10.6. The maximum atomic E-state index is 12.2. The highest BCUT2D eigenvalue weighted by molar-refractivity contribution is 6.31. The number of hydrogen-bond donors (Lipinski definition) is 1. The van der Waals surface area contributed by atoms with Crippen molar-refractivity contribution < 1.29 is 18.9 Å². The van der Waals surface area contributed by atoms with E-state index in [0.29, 0.717) is 28.8 Å². The molecule has 0 radical (unpaired) electrons. The van der Waals surface area contributed by atoms with Crippen LogP contribution in [0, 0.1) is 10.1 Å². The van der Waals surface area contributed by atoms with E-state index in [-0.39, 0.29) is 24.6 Å². The van der Waals surface area contributed by atoms with Gasteiger partial charge in [0.1, 0.15) is 23.8 Å². The number of amides is 1. The van der Waals surface area contributed by atoms with Gasteiger partial charge in [0, 0.05) is 24.9 Å². The smallest absolute Gasteiger partial charge is 0.287 e. The lowest BCUT2D eigenvalue weighted by Gasteiger charge is -2.04. The van der Waals surface area contributed by atoms with Crippen molar-refractivity contribution in [2.45, 2.75) is 26.6 Å². The van der Waals surface area contributed by atoms with Gasteiger partial charge in [-0.05, 0) is 31.2 Å². The second-order valence-corrected chi connectivity index (χ2v) is 6.17. The maximum Gasteiger partial charge on any atom is 0.287 e. The molecule has 0 aliphatic rings. The van der Waals surface area contributed by atoms with Crippen LogP contribution in [-0.2, 0) is 19.7 Å². The number of nitrogens with zero attached hydrogens (tertiary/aromatic N) is 3. The molecule has 3 aromatic rings. The van der Waals surface area contributed by atoms with Crippen LogP contribution in [-0.4, -0.2) is 20.6 Å². The fourth-order valence-corrected chi connectivity index (χ4v) is 2.58. The number of furan rings is 1. The van der Waals surface area contributed by atoms with Crippen LogP contribution in [0.3, 0.4) is 0 Å². The van der Waals surface area contributed by atoms with Crippen molar-refractivity contribution in [2.24, 2.45) is 0 Å². The second kappa shape index (κ2) is 8.57. The van der Waals surface area contributed by atoms with E-state index in [1.54, 1.807) is 16.9 Å². The average molecular weight is 405 g/mol. The Balaban J connectivity index is 1.53. The third kappa shape index (κ3) is 4.68. The molecule has 0 aliphatic heterocycles. The molecule has 9 nitrogen and oxygen atoms in total. The fraction of sp³-hybridized carbons (Fsp3) is 0.222. The summed E-state index contributed by atoms with van der Waals surface area (Å²) in [6.45, 7) is 2.89. The second-order valence-electron chi connectivity index (χ2n) is 5.77. The van der Waals surface area contributed by atoms with Crippen LogP contribution in [0.25, 0.3) is 0 Å². The van der Waals surface area contributed by atoms with Crippen LogP contribution in [0.15, 0.2) is 47.0 Å². The summed E-state index contributed by atoms with van der Waals surface area (Å²) < 4.78 is 12.7. The van der Waals surface area contributed by atoms with E-state index in [1.165, 1.54) is 30.3 Å². The van der Waals surface area contributed by atoms with Crippen molar-refractivity contribution in [1.29, 1.82) is 0 Å². The number of hydrogen-bond acceptors (Lipinski definition) is 6. The van der Waals surface area contributed by atoms with Gasteiger partial charge >= 0.3 is 0 Å². The van der Waals surface area contributed by atoms with Gasteiger partial charge in [-0.2, -0.15) is 5.10 Å². The summed E-state index contributed by atoms with van der Waals surface area (Å²) in [5.74, 6) is 0.628. The lowest BCUT2D eigenvalue weighted by Crippen LogP contribution is -2.22. The number of ether oxygens (including phenoxy) is 1. The largest absolute Gasteiger partial charge is 0.486 e. The Hall–Kier alpha value is -3.33. The topological polar surface area (TPSA) is 112 Å². The van der Waals surface area contributed by atoms with Gasteiger partial charge in [-0.3, -0.25) is 19.6 Å². The highest BCUT2D eigenvalue weighted by atomic mass is 35.5. The van der Waals surface area contributed by atoms with Crippen LogP contribution < -0.4 is 10.1 Å². The number of benzene rings is 1. The Labute approximate surface area is 165 Å². The zero-order chi connectivity index (χ0) is 20.1. The van der Waals surface area contributed by atoms with Gasteiger partial charge in [-0.15, -0.1) is 0 Å². The minimum absolute atomic E-state index is 0.0202. The van der Waals surface area contributed by atoms with Gasteiger partial charge < -0.3 is 14.5 Å². The lowest BCUT2D eigenvalue weighted by molar-refractivity contribution is -0.384. The van der Waals surface area contributed by atoms with Crippen molar-refractivity contribution in [2.75, 3.05) is 0 Å². The van der Waals surface area contributed by atoms with E-state index >= 15 is 0 Å². The molecule has 146 valence electrons. The van der Waals surface area contributed by atoms with Crippen molar-refractivity contribution >= 4 is 23.2 Å². The molecule has 1 N–H and O–H groups in total. The maximum absolute atomic E-state index is 12.2. The number of rotatable bonds is 8. The molecule has 1 amide bonds. The van der Waals surface area contributed by atoms with Crippen molar-refractivity contribution in [3.63, 3.8) is 0 Å². The van der Waals surface area contributed by atoms with Crippen LogP contribution in [0.2, 0.25) is 5.02 Å². The van der Waals surface area contributed by atoms with E-state index < -0.39 is 10.8 Å². The average Bonchev–Trinajstić information content (AvgIpc) is 3.31. The number of aryl methyl sites for hydroxylation is 1. The number of nitro groups is 1. The third-order valence-electron chi connectivity index (χ3n) is 3.84. The van der Waals surface area contributed by atoms with E-state index in [1.807, 2.05) is 6.92 Å². The zero-order valence-electron chi connectivity index (χ0n) is 14.9. The molecular formula is C18H17ClN4O5. The monoisotopic (exact) mass is 404 g/mol. The number of aromatic nitrogens is 2. The summed E-state index contributed by atoms with van der Waals surface area (Å²) in [5, 5.41) is 18.1. The molecule has 10 heteroatoms. The Morgan fingerprint density at radius 3 is 2.71 bits per heavy atom. The quantitative estimate of drug-likeness (QED) is 0.453. The standard InChI is InChI=1S/C18H17ClN4O5/c1-2-22-10-15(19)16(21-22)9-20-18(24)17-8-7-14(28-17)11-27-13-5-3-12(4-6-13)23(25)26/h3-8,10H,2,9,11H2,1H3,(H,20,24). The van der Waals surface area contributed by atoms with Crippen molar-refractivity contribution in [3.8, 4) is 5.75 Å². The van der Waals surface area contributed by atoms with Gasteiger partial charge in [-0.1, -0.05) is 11.6 Å². The minimum Gasteiger partial charge on any atom is -0.486 e. The number of nitrogens with one attached hydrogen (secondary N) is 1. The molecule has 0 aliphatic carbocycles. The summed E-state index contributed by atoms with van der Waals surface area (Å²) in [7, 11) is 0. The predicted molar refractivity (Wildman–Crippen MR) is 100 cm³/mol. The molecule has 28 heavy (non-hydrogen) atoms. The first-order valence-electron chi connectivity index (χ1n) is 8.42. The van der Waals surface area contributed by atoms with Gasteiger partial charge in [-0.25, -0.2) is 0 Å².